The number of fused-ring (bicyclic) bond motifs is 1. The Balaban J connectivity index is 1.80. The summed E-state index contributed by atoms with van der Waals surface area (Å²) in [5.74, 6) is -1.99. The molecule has 11 heteroatoms. The first kappa shape index (κ1) is 28.1. The van der Waals surface area contributed by atoms with Crippen LogP contribution in [0, 0.1) is 10.1 Å². The second-order valence-corrected chi connectivity index (χ2v) is 9.43. The molecular weight excluding hydrogens is 514 g/mol. The molecule has 0 bridgehead atoms. The van der Waals surface area contributed by atoms with Gasteiger partial charge in [0.1, 0.15) is 11.6 Å². The van der Waals surface area contributed by atoms with E-state index in [1.165, 1.54) is 24.1 Å². The third kappa shape index (κ3) is 5.89. The van der Waals surface area contributed by atoms with Crippen LogP contribution >= 0.6 is 0 Å². The Bertz CT molecular complexity index is 1500. The number of amides is 2. The second-order valence-electron chi connectivity index (χ2n) is 9.43. The highest BCUT2D eigenvalue weighted by Gasteiger charge is 2.36. The lowest BCUT2D eigenvalue weighted by molar-refractivity contribution is -0.384. The molecule has 11 nitrogen and oxygen atoms in total. The number of carbonyl (C=O) groups is 3. The second kappa shape index (κ2) is 11.9. The van der Waals surface area contributed by atoms with Crippen LogP contribution in [0.5, 0.6) is 0 Å². The first-order chi connectivity index (χ1) is 19.1. The first-order valence-corrected chi connectivity index (χ1v) is 12.6. The largest absolute Gasteiger partial charge is 0.462 e. The summed E-state index contributed by atoms with van der Waals surface area (Å²) in [4.78, 5) is 57.1. The van der Waals surface area contributed by atoms with Crippen molar-refractivity contribution in [1.29, 1.82) is 0 Å². The standard InChI is InChI=1S/C29H29N5O6/c1-5-40-29(37)19-11-13-21-22(15-19)31-28(36)26(21)27(18-9-7-6-8-10-18)30-20-12-14-23(24(16-20)34(38)39)33(4)25(35)17-32(2)3/h6-16,26H,5,17H2,1-4H3,(H,31,36). The van der Waals surface area contributed by atoms with Gasteiger partial charge in [0.05, 0.1) is 35.0 Å². The third-order valence-corrected chi connectivity index (χ3v) is 6.33. The van der Waals surface area contributed by atoms with Crippen molar-refractivity contribution in [3.05, 3.63) is 93.5 Å². The number of ether oxygens (including phenoxy) is 1. The minimum Gasteiger partial charge on any atom is -0.462 e. The Hall–Kier alpha value is -4.90. The van der Waals surface area contributed by atoms with E-state index in [9.17, 15) is 24.5 Å². The van der Waals surface area contributed by atoms with Gasteiger partial charge in [-0.2, -0.15) is 0 Å². The smallest absolute Gasteiger partial charge is 0.338 e. The molecule has 1 N–H and O–H groups in total. The Morgan fingerprint density at radius 3 is 2.40 bits per heavy atom. The molecule has 0 radical (unpaired) electrons. The van der Waals surface area contributed by atoms with Crippen molar-refractivity contribution in [2.24, 2.45) is 4.99 Å². The van der Waals surface area contributed by atoms with Crippen LogP contribution in [0.2, 0.25) is 0 Å². The highest BCUT2D eigenvalue weighted by molar-refractivity contribution is 6.24. The van der Waals surface area contributed by atoms with Crippen molar-refractivity contribution >= 4 is 46.2 Å². The van der Waals surface area contributed by atoms with Crippen LogP contribution in [0.25, 0.3) is 0 Å². The molecule has 40 heavy (non-hydrogen) atoms. The number of nitro groups is 1. The SMILES string of the molecule is CCOC(=O)c1ccc2c(c1)NC(=O)C2C(=Nc1ccc(N(C)C(=O)CN(C)C)c([N+](=O)[O-])c1)c1ccccc1. The molecule has 1 aliphatic heterocycles. The monoisotopic (exact) mass is 543 g/mol. The highest BCUT2D eigenvalue weighted by Crippen LogP contribution is 2.38. The lowest BCUT2D eigenvalue weighted by Gasteiger charge is -2.20. The molecule has 0 aromatic heterocycles. The van der Waals surface area contributed by atoms with E-state index >= 15 is 0 Å². The number of hydrogen-bond donors (Lipinski definition) is 1. The van der Waals surface area contributed by atoms with Gasteiger partial charge in [0.2, 0.25) is 11.8 Å². The molecule has 206 valence electrons. The number of hydrogen-bond acceptors (Lipinski definition) is 8. The number of benzene rings is 3. The van der Waals surface area contributed by atoms with E-state index in [2.05, 4.69) is 5.32 Å². The van der Waals surface area contributed by atoms with Crippen molar-refractivity contribution < 1.29 is 24.0 Å². The molecule has 1 aliphatic rings. The van der Waals surface area contributed by atoms with E-state index in [4.69, 9.17) is 9.73 Å². The van der Waals surface area contributed by atoms with Gasteiger partial charge < -0.3 is 19.9 Å². The van der Waals surface area contributed by atoms with Crippen LogP contribution in [0.1, 0.15) is 34.3 Å². The molecule has 3 aromatic rings. The van der Waals surface area contributed by atoms with E-state index in [1.807, 2.05) is 6.07 Å². The fraction of sp³-hybridized carbons (Fsp3) is 0.241. The van der Waals surface area contributed by atoms with Gasteiger partial charge in [-0.15, -0.1) is 0 Å². The Morgan fingerprint density at radius 1 is 1.02 bits per heavy atom. The summed E-state index contributed by atoms with van der Waals surface area (Å²) in [6, 6.07) is 18.2. The van der Waals surface area contributed by atoms with Crippen molar-refractivity contribution in [1.82, 2.24) is 4.90 Å². The van der Waals surface area contributed by atoms with Gasteiger partial charge in [-0.1, -0.05) is 36.4 Å². The molecule has 0 fully saturated rings. The van der Waals surface area contributed by atoms with Gasteiger partial charge >= 0.3 is 5.97 Å². The van der Waals surface area contributed by atoms with E-state index < -0.39 is 16.8 Å². The number of anilines is 2. The number of carbonyl (C=O) groups excluding carboxylic acids is 3. The molecule has 4 rings (SSSR count). The summed E-state index contributed by atoms with van der Waals surface area (Å²) in [5.41, 5.74) is 2.49. The summed E-state index contributed by atoms with van der Waals surface area (Å²) in [7, 11) is 4.95. The van der Waals surface area contributed by atoms with E-state index in [0.29, 0.717) is 28.1 Å². The Morgan fingerprint density at radius 2 is 1.75 bits per heavy atom. The molecule has 2 amide bonds. The highest BCUT2D eigenvalue weighted by atomic mass is 16.6. The molecule has 0 saturated carbocycles. The molecule has 0 aliphatic carbocycles. The fourth-order valence-electron chi connectivity index (χ4n) is 4.44. The van der Waals surface area contributed by atoms with Gasteiger partial charge in [-0.3, -0.25) is 24.7 Å². The maximum atomic E-state index is 13.3. The van der Waals surface area contributed by atoms with Crippen LogP contribution in [-0.2, 0) is 14.3 Å². The summed E-state index contributed by atoms with van der Waals surface area (Å²) >= 11 is 0. The minimum absolute atomic E-state index is 0.0831. The number of nitrogens with one attached hydrogen (secondary N) is 1. The van der Waals surface area contributed by atoms with Crippen LogP contribution in [0.3, 0.4) is 0 Å². The average Bonchev–Trinajstić information content (AvgIpc) is 3.26. The molecule has 0 spiro atoms. The van der Waals surface area contributed by atoms with Crippen LogP contribution in [0.15, 0.2) is 71.7 Å². The number of nitro benzene ring substituents is 1. The lowest BCUT2D eigenvalue weighted by atomic mass is 9.90. The fourth-order valence-corrected chi connectivity index (χ4v) is 4.44. The maximum absolute atomic E-state index is 13.3. The van der Waals surface area contributed by atoms with E-state index in [1.54, 1.807) is 74.4 Å². The van der Waals surface area contributed by atoms with E-state index in [0.717, 1.165) is 0 Å². The molecule has 0 saturated heterocycles. The summed E-state index contributed by atoms with van der Waals surface area (Å²) in [5, 5.41) is 14.8. The average molecular weight is 544 g/mol. The quantitative estimate of drug-likeness (QED) is 0.185. The number of likely N-dealkylation sites (N-methyl/N-ethyl adjacent to an activating group) is 2. The van der Waals surface area contributed by atoms with Gasteiger partial charge in [-0.05, 0) is 56.4 Å². The number of esters is 1. The summed E-state index contributed by atoms with van der Waals surface area (Å²) in [6.45, 7) is 2.02. The number of rotatable bonds is 9. The molecule has 1 unspecified atom stereocenters. The van der Waals surface area contributed by atoms with Crippen molar-refractivity contribution in [3.8, 4) is 0 Å². The number of aliphatic imine (C=N–C) groups is 1. The van der Waals surface area contributed by atoms with Crippen molar-refractivity contribution in [2.45, 2.75) is 12.8 Å². The van der Waals surface area contributed by atoms with Crippen molar-refractivity contribution in [3.63, 3.8) is 0 Å². The first-order valence-electron chi connectivity index (χ1n) is 12.6. The molecule has 3 aromatic carbocycles. The summed E-state index contributed by atoms with van der Waals surface area (Å²) in [6.07, 6.45) is 0. The minimum atomic E-state index is -0.836. The molecule has 1 heterocycles. The van der Waals surface area contributed by atoms with Gasteiger partial charge in [0, 0.05) is 18.8 Å². The van der Waals surface area contributed by atoms with Crippen LogP contribution in [-0.4, -0.2) is 67.6 Å². The predicted molar refractivity (Wildman–Crippen MR) is 151 cm³/mol. The zero-order valence-electron chi connectivity index (χ0n) is 22.6. The number of nitrogens with zero attached hydrogens (tertiary/aromatic N) is 4. The topological polar surface area (TPSA) is 134 Å². The molecule has 1 atom stereocenters. The van der Waals surface area contributed by atoms with Crippen molar-refractivity contribution in [2.75, 3.05) is 44.5 Å². The zero-order chi connectivity index (χ0) is 29.0. The summed E-state index contributed by atoms with van der Waals surface area (Å²) < 4.78 is 5.07. The predicted octanol–water partition coefficient (Wildman–Crippen LogP) is 4.15. The van der Waals surface area contributed by atoms with Crippen LogP contribution < -0.4 is 10.2 Å². The third-order valence-electron chi connectivity index (χ3n) is 6.33. The normalized spacial score (nSPS) is 14.5. The Labute approximate surface area is 231 Å². The lowest BCUT2D eigenvalue weighted by Crippen LogP contribution is -2.35. The molecular formula is C29H29N5O6. The maximum Gasteiger partial charge on any atom is 0.338 e. The van der Waals surface area contributed by atoms with Gasteiger partial charge in [0.25, 0.3) is 5.69 Å². The van der Waals surface area contributed by atoms with E-state index in [-0.39, 0.29) is 42.0 Å². The zero-order valence-corrected chi connectivity index (χ0v) is 22.6. The van der Waals surface area contributed by atoms with Gasteiger partial charge in [0.15, 0.2) is 0 Å². The van der Waals surface area contributed by atoms with Gasteiger partial charge in [-0.25, -0.2) is 4.79 Å². The van der Waals surface area contributed by atoms with Crippen LogP contribution in [0.4, 0.5) is 22.7 Å². The Kier molecular flexibility index (Phi) is 8.34.